The summed E-state index contributed by atoms with van der Waals surface area (Å²) in [5.74, 6) is 1.82. The predicted octanol–water partition coefficient (Wildman–Crippen LogP) is 2.11. The molecule has 0 aromatic carbocycles. The van der Waals surface area contributed by atoms with E-state index in [-0.39, 0.29) is 0 Å². The summed E-state index contributed by atoms with van der Waals surface area (Å²) >= 11 is 1.85. The molecule has 70 valence electrons. The zero-order valence-corrected chi connectivity index (χ0v) is 9.11. The van der Waals surface area contributed by atoms with Crippen LogP contribution in [-0.4, -0.2) is 23.0 Å². The van der Waals surface area contributed by atoms with E-state index in [0.717, 1.165) is 10.9 Å². The molecule has 1 N–H and O–H groups in total. The van der Waals surface area contributed by atoms with Crippen molar-refractivity contribution < 1.29 is 0 Å². The van der Waals surface area contributed by atoms with Crippen molar-refractivity contribution in [2.24, 2.45) is 10.9 Å². The Morgan fingerprint density at radius 2 is 2.08 bits per heavy atom. The average Bonchev–Trinajstić information content (AvgIpc) is 2.34. The Morgan fingerprint density at radius 1 is 1.42 bits per heavy atom. The van der Waals surface area contributed by atoms with Crippen LogP contribution in [0.2, 0.25) is 0 Å². The number of thioether (sulfide) groups is 1. The standard InChI is InChI=1S/C9H18N2S/c1-6(2)8-5-12-9(11-8)10-7(3)4/h6-8H,5H2,1-4H3,(H,10,11). The van der Waals surface area contributed by atoms with Crippen LogP contribution in [0.5, 0.6) is 0 Å². The minimum Gasteiger partial charge on any atom is -0.363 e. The van der Waals surface area contributed by atoms with Gasteiger partial charge in [-0.3, -0.25) is 4.99 Å². The lowest BCUT2D eigenvalue weighted by molar-refractivity contribution is 0.541. The molecule has 0 aromatic heterocycles. The SMILES string of the molecule is CC(C)NC1=NC(C(C)C)CS1. The first-order valence-electron chi connectivity index (χ1n) is 4.56. The van der Waals surface area contributed by atoms with Gasteiger partial charge in [0.05, 0.1) is 6.04 Å². The van der Waals surface area contributed by atoms with E-state index in [1.54, 1.807) is 0 Å². The van der Waals surface area contributed by atoms with Gasteiger partial charge in [0.15, 0.2) is 5.17 Å². The number of rotatable bonds is 2. The van der Waals surface area contributed by atoms with E-state index in [2.05, 4.69) is 38.0 Å². The van der Waals surface area contributed by atoms with Crippen molar-refractivity contribution in [1.82, 2.24) is 5.32 Å². The highest BCUT2D eigenvalue weighted by molar-refractivity contribution is 8.14. The van der Waals surface area contributed by atoms with Crippen molar-refractivity contribution in [2.45, 2.75) is 39.8 Å². The summed E-state index contributed by atoms with van der Waals surface area (Å²) in [6.45, 7) is 8.75. The second-order valence-electron chi connectivity index (χ2n) is 3.86. The Bertz CT molecular complexity index is 175. The summed E-state index contributed by atoms with van der Waals surface area (Å²) in [5, 5.41) is 4.47. The largest absolute Gasteiger partial charge is 0.363 e. The van der Waals surface area contributed by atoms with Gasteiger partial charge >= 0.3 is 0 Å². The smallest absolute Gasteiger partial charge is 0.157 e. The molecule has 0 spiro atoms. The quantitative estimate of drug-likeness (QED) is 0.714. The molecule has 1 aliphatic rings. The predicted molar refractivity (Wildman–Crippen MR) is 56.8 cm³/mol. The van der Waals surface area contributed by atoms with Crippen molar-refractivity contribution in [3.63, 3.8) is 0 Å². The maximum absolute atomic E-state index is 4.60. The van der Waals surface area contributed by atoms with Gasteiger partial charge in [-0.1, -0.05) is 25.6 Å². The van der Waals surface area contributed by atoms with Crippen molar-refractivity contribution >= 4 is 16.9 Å². The van der Waals surface area contributed by atoms with Crippen molar-refractivity contribution in [2.75, 3.05) is 5.75 Å². The fourth-order valence-electron chi connectivity index (χ4n) is 1.06. The van der Waals surface area contributed by atoms with E-state index in [1.165, 1.54) is 0 Å². The van der Waals surface area contributed by atoms with Crippen LogP contribution in [0.1, 0.15) is 27.7 Å². The lowest BCUT2D eigenvalue weighted by Crippen LogP contribution is -2.26. The molecule has 1 heterocycles. The van der Waals surface area contributed by atoms with Gasteiger partial charge in [-0.25, -0.2) is 0 Å². The fraction of sp³-hybridized carbons (Fsp3) is 0.889. The minimum atomic E-state index is 0.502. The van der Waals surface area contributed by atoms with Crippen LogP contribution in [-0.2, 0) is 0 Å². The van der Waals surface area contributed by atoms with Crippen LogP contribution in [0.15, 0.2) is 4.99 Å². The Balaban J connectivity index is 2.43. The van der Waals surface area contributed by atoms with Gasteiger partial charge in [-0.05, 0) is 19.8 Å². The van der Waals surface area contributed by atoms with Crippen LogP contribution in [0.25, 0.3) is 0 Å². The van der Waals surface area contributed by atoms with Crippen LogP contribution in [0.3, 0.4) is 0 Å². The van der Waals surface area contributed by atoms with Crippen molar-refractivity contribution in [1.29, 1.82) is 0 Å². The molecular weight excluding hydrogens is 168 g/mol. The molecule has 0 fully saturated rings. The zero-order chi connectivity index (χ0) is 9.14. The van der Waals surface area contributed by atoms with E-state index in [4.69, 9.17) is 0 Å². The summed E-state index contributed by atoms with van der Waals surface area (Å²) in [5.41, 5.74) is 0. The van der Waals surface area contributed by atoms with Crippen LogP contribution in [0.4, 0.5) is 0 Å². The number of hydrogen-bond acceptors (Lipinski definition) is 3. The first-order chi connectivity index (χ1) is 5.59. The molecule has 12 heavy (non-hydrogen) atoms. The molecule has 1 aliphatic heterocycles. The number of amidine groups is 1. The Hall–Kier alpha value is -0.180. The molecule has 0 saturated heterocycles. The van der Waals surface area contributed by atoms with Gasteiger partial charge in [0, 0.05) is 11.8 Å². The summed E-state index contributed by atoms with van der Waals surface area (Å²) in [6.07, 6.45) is 0. The third-order valence-corrected chi connectivity index (χ3v) is 2.86. The lowest BCUT2D eigenvalue weighted by Gasteiger charge is -2.08. The zero-order valence-electron chi connectivity index (χ0n) is 8.29. The van der Waals surface area contributed by atoms with E-state index < -0.39 is 0 Å². The molecule has 0 saturated carbocycles. The molecular formula is C9H18N2S. The van der Waals surface area contributed by atoms with E-state index in [9.17, 15) is 0 Å². The van der Waals surface area contributed by atoms with Crippen molar-refractivity contribution in [3.05, 3.63) is 0 Å². The molecule has 3 heteroatoms. The number of hydrogen-bond donors (Lipinski definition) is 1. The number of nitrogens with zero attached hydrogens (tertiary/aromatic N) is 1. The molecule has 0 aromatic rings. The maximum atomic E-state index is 4.60. The number of nitrogens with one attached hydrogen (secondary N) is 1. The molecule has 0 amide bonds. The second kappa shape index (κ2) is 4.17. The third-order valence-electron chi connectivity index (χ3n) is 1.86. The summed E-state index contributed by atoms with van der Waals surface area (Å²) < 4.78 is 0. The first-order valence-corrected chi connectivity index (χ1v) is 5.55. The molecule has 0 aliphatic carbocycles. The van der Waals surface area contributed by atoms with Crippen molar-refractivity contribution in [3.8, 4) is 0 Å². The first kappa shape index (κ1) is 9.90. The van der Waals surface area contributed by atoms with Gasteiger partial charge < -0.3 is 5.32 Å². The molecule has 1 atom stereocenters. The second-order valence-corrected chi connectivity index (χ2v) is 4.86. The Labute approximate surface area is 79.2 Å². The molecule has 0 bridgehead atoms. The molecule has 2 nitrogen and oxygen atoms in total. The molecule has 0 radical (unpaired) electrons. The fourth-order valence-corrected chi connectivity index (χ4v) is 2.37. The summed E-state index contributed by atoms with van der Waals surface area (Å²) in [4.78, 5) is 4.60. The highest BCUT2D eigenvalue weighted by atomic mass is 32.2. The Morgan fingerprint density at radius 3 is 2.50 bits per heavy atom. The topological polar surface area (TPSA) is 24.4 Å². The van der Waals surface area contributed by atoms with E-state index in [1.807, 2.05) is 11.8 Å². The van der Waals surface area contributed by atoms with Crippen LogP contribution >= 0.6 is 11.8 Å². The third kappa shape index (κ3) is 2.70. The Kier molecular flexibility index (Phi) is 3.44. The minimum absolute atomic E-state index is 0.502. The average molecular weight is 186 g/mol. The molecule has 1 rings (SSSR count). The molecule has 1 unspecified atom stereocenters. The normalized spacial score (nSPS) is 23.5. The summed E-state index contributed by atoms with van der Waals surface area (Å²) in [7, 11) is 0. The van der Waals surface area contributed by atoms with Crippen LogP contribution < -0.4 is 5.32 Å². The van der Waals surface area contributed by atoms with Crippen LogP contribution in [0, 0.1) is 5.92 Å². The highest BCUT2D eigenvalue weighted by Gasteiger charge is 2.20. The van der Waals surface area contributed by atoms with Gasteiger partial charge in [-0.2, -0.15) is 0 Å². The summed E-state index contributed by atoms with van der Waals surface area (Å²) in [6, 6.07) is 1.03. The lowest BCUT2D eigenvalue weighted by atomic mass is 10.1. The number of aliphatic imine (C=N–C) groups is 1. The van der Waals surface area contributed by atoms with E-state index in [0.29, 0.717) is 18.0 Å². The van der Waals surface area contributed by atoms with Gasteiger partial charge in [-0.15, -0.1) is 0 Å². The van der Waals surface area contributed by atoms with E-state index >= 15 is 0 Å². The maximum Gasteiger partial charge on any atom is 0.157 e. The highest BCUT2D eigenvalue weighted by Crippen LogP contribution is 2.21. The van der Waals surface area contributed by atoms with Gasteiger partial charge in [0.1, 0.15) is 0 Å². The monoisotopic (exact) mass is 186 g/mol. The van der Waals surface area contributed by atoms with Gasteiger partial charge in [0.25, 0.3) is 0 Å². The van der Waals surface area contributed by atoms with Gasteiger partial charge in [0.2, 0.25) is 0 Å².